The van der Waals surface area contributed by atoms with Crippen LogP contribution in [0, 0.1) is 0 Å². The number of hydrogen-bond donors (Lipinski definition) is 2. The number of ether oxygens (including phenoxy) is 1. The van der Waals surface area contributed by atoms with Gasteiger partial charge in [-0.1, -0.05) is 129 Å². The van der Waals surface area contributed by atoms with Gasteiger partial charge in [0.1, 0.15) is 0 Å². The summed E-state index contributed by atoms with van der Waals surface area (Å²) < 4.78 is 37.4. The van der Waals surface area contributed by atoms with Gasteiger partial charge in [-0.3, -0.25) is 9.11 Å². The highest BCUT2D eigenvalue weighted by Gasteiger charge is 1.95. The van der Waals surface area contributed by atoms with Gasteiger partial charge in [0, 0.05) is 13.2 Å². The van der Waals surface area contributed by atoms with E-state index in [-0.39, 0.29) is 0 Å². The summed E-state index contributed by atoms with van der Waals surface area (Å²) in [5.74, 6) is 0. The molecule has 0 bridgehead atoms. The second kappa shape index (κ2) is 26.9. The molecule has 0 amide bonds. The Labute approximate surface area is 188 Å². The molecule has 2 N–H and O–H groups in total. The van der Waals surface area contributed by atoms with E-state index in [1.165, 1.54) is 128 Å². The molecule has 0 rings (SSSR count). The molecule has 0 atom stereocenters. The Morgan fingerprint density at radius 3 is 0.900 bits per heavy atom. The summed E-state index contributed by atoms with van der Waals surface area (Å²) in [6.45, 7) is 6.57. The molecule has 0 aromatic heterocycles. The largest absolute Gasteiger partial charge is 0.394 e. The molecule has 0 saturated carbocycles. The molecule has 0 aromatic rings. The maximum Gasteiger partial charge on any atom is 0.394 e. The van der Waals surface area contributed by atoms with Crippen molar-refractivity contribution in [2.75, 3.05) is 13.2 Å². The highest BCUT2D eigenvalue weighted by molar-refractivity contribution is 7.79. The smallest absolute Gasteiger partial charge is 0.381 e. The molecule has 184 valence electrons. The van der Waals surface area contributed by atoms with Crippen LogP contribution in [0.1, 0.15) is 142 Å². The zero-order chi connectivity index (χ0) is 22.8. The molecule has 0 fully saturated rings. The lowest BCUT2D eigenvalue weighted by Gasteiger charge is -2.05. The third-order valence-corrected chi connectivity index (χ3v) is 5.28. The summed E-state index contributed by atoms with van der Waals surface area (Å²) in [4.78, 5) is 0. The van der Waals surface area contributed by atoms with Crippen molar-refractivity contribution < 1.29 is 22.3 Å². The molecule has 0 aliphatic carbocycles. The minimum absolute atomic E-state index is 0.994. The van der Waals surface area contributed by atoms with E-state index in [2.05, 4.69) is 13.8 Å². The molecule has 0 aliphatic rings. The topological polar surface area (TPSA) is 83.8 Å². The van der Waals surface area contributed by atoms with Gasteiger partial charge in [-0.05, 0) is 12.8 Å². The minimum Gasteiger partial charge on any atom is -0.381 e. The lowest BCUT2D eigenvalue weighted by Crippen LogP contribution is -1.97. The van der Waals surface area contributed by atoms with E-state index in [1.807, 2.05) is 0 Å². The summed E-state index contributed by atoms with van der Waals surface area (Å²) in [5.41, 5.74) is 0. The van der Waals surface area contributed by atoms with Crippen molar-refractivity contribution in [2.45, 2.75) is 142 Å². The monoisotopic (exact) mass is 452 g/mol. The van der Waals surface area contributed by atoms with Crippen molar-refractivity contribution in [3.8, 4) is 0 Å². The van der Waals surface area contributed by atoms with Gasteiger partial charge < -0.3 is 4.74 Å². The van der Waals surface area contributed by atoms with Crippen molar-refractivity contribution in [1.82, 2.24) is 0 Å². The van der Waals surface area contributed by atoms with Crippen LogP contribution in [0.5, 0.6) is 0 Å². The molecule has 0 saturated heterocycles. The van der Waals surface area contributed by atoms with Crippen LogP contribution in [0.3, 0.4) is 0 Å². The van der Waals surface area contributed by atoms with Gasteiger partial charge in [0.2, 0.25) is 0 Å². The number of unbranched alkanes of at least 4 members (excludes halogenated alkanes) is 18. The van der Waals surface area contributed by atoms with Crippen molar-refractivity contribution in [1.29, 1.82) is 0 Å². The van der Waals surface area contributed by atoms with Crippen LogP contribution in [0.15, 0.2) is 0 Å². The molecule has 0 aliphatic heterocycles. The quantitative estimate of drug-likeness (QED) is 0.128. The van der Waals surface area contributed by atoms with Crippen LogP contribution in [-0.2, 0) is 15.1 Å². The molecule has 0 heterocycles. The molecular weight excluding hydrogens is 400 g/mol. The first-order valence-electron chi connectivity index (χ1n) is 12.7. The fourth-order valence-corrected chi connectivity index (χ4v) is 3.49. The lowest BCUT2D eigenvalue weighted by atomic mass is 10.1. The first kappa shape index (κ1) is 32.0. The second-order valence-corrected chi connectivity index (χ2v) is 9.32. The Bertz CT molecular complexity index is 368. The fraction of sp³-hybridized carbons (Fsp3) is 1.00. The average Bonchev–Trinajstić information content (AvgIpc) is 2.68. The van der Waals surface area contributed by atoms with Crippen molar-refractivity contribution >= 4 is 10.4 Å². The minimum atomic E-state index is -4.67. The van der Waals surface area contributed by atoms with E-state index in [4.69, 9.17) is 22.3 Å². The summed E-state index contributed by atoms with van der Waals surface area (Å²) in [6.07, 6.45) is 28.2. The molecule has 0 spiro atoms. The van der Waals surface area contributed by atoms with Crippen LogP contribution < -0.4 is 0 Å². The zero-order valence-corrected chi connectivity index (χ0v) is 20.9. The Kier molecular flexibility index (Phi) is 28.7. The van der Waals surface area contributed by atoms with Gasteiger partial charge in [0.05, 0.1) is 0 Å². The van der Waals surface area contributed by atoms with Crippen LogP contribution in [-0.4, -0.2) is 30.7 Å². The Balaban J connectivity index is 0. The highest BCUT2D eigenvalue weighted by Crippen LogP contribution is 2.12. The fourth-order valence-electron chi connectivity index (χ4n) is 3.49. The van der Waals surface area contributed by atoms with Gasteiger partial charge in [0.15, 0.2) is 0 Å². The normalized spacial score (nSPS) is 11.3. The van der Waals surface area contributed by atoms with Crippen LogP contribution >= 0.6 is 0 Å². The lowest BCUT2D eigenvalue weighted by molar-refractivity contribution is 0.125. The molecular formula is C24H52O5S. The van der Waals surface area contributed by atoms with E-state index in [0.717, 1.165) is 13.2 Å². The van der Waals surface area contributed by atoms with Crippen molar-refractivity contribution in [3.63, 3.8) is 0 Å². The zero-order valence-electron chi connectivity index (χ0n) is 20.1. The molecule has 0 radical (unpaired) electrons. The molecule has 6 heteroatoms. The van der Waals surface area contributed by atoms with Gasteiger partial charge in [-0.2, -0.15) is 8.42 Å². The van der Waals surface area contributed by atoms with Gasteiger partial charge in [-0.25, -0.2) is 0 Å². The Morgan fingerprint density at radius 2 is 0.667 bits per heavy atom. The Morgan fingerprint density at radius 1 is 0.467 bits per heavy atom. The molecule has 30 heavy (non-hydrogen) atoms. The standard InChI is InChI=1S/C24H50O.H2O4S/c1-3-5-7-9-11-13-15-17-19-21-23-25-24-22-20-18-16-14-12-10-8-6-4-2;1-5(2,3)4/h3-24H2,1-2H3;(H2,1,2,3,4). The average molecular weight is 453 g/mol. The van der Waals surface area contributed by atoms with Gasteiger partial charge in [0.25, 0.3) is 0 Å². The van der Waals surface area contributed by atoms with E-state index in [0.29, 0.717) is 0 Å². The molecule has 0 unspecified atom stereocenters. The Hall–Kier alpha value is -0.170. The van der Waals surface area contributed by atoms with E-state index < -0.39 is 10.4 Å². The van der Waals surface area contributed by atoms with E-state index >= 15 is 0 Å². The van der Waals surface area contributed by atoms with Gasteiger partial charge in [-0.15, -0.1) is 0 Å². The summed E-state index contributed by atoms with van der Waals surface area (Å²) in [7, 11) is -4.67. The first-order valence-corrected chi connectivity index (χ1v) is 14.1. The third kappa shape index (κ3) is 42.0. The molecule has 5 nitrogen and oxygen atoms in total. The van der Waals surface area contributed by atoms with Crippen molar-refractivity contribution in [2.24, 2.45) is 0 Å². The van der Waals surface area contributed by atoms with Gasteiger partial charge >= 0.3 is 10.4 Å². The SMILES string of the molecule is CCCCCCCCCCCCOCCCCCCCCCCCC.O=S(=O)(O)O. The van der Waals surface area contributed by atoms with Crippen molar-refractivity contribution in [3.05, 3.63) is 0 Å². The summed E-state index contributed by atoms with van der Waals surface area (Å²) >= 11 is 0. The van der Waals surface area contributed by atoms with Crippen LogP contribution in [0.25, 0.3) is 0 Å². The van der Waals surface area contributed by atoms with Crippen LogP contribution in [0.2, 0.25) is 0 Å². The highest BCUT2D eigenvalue weighted by atomic mass is 32.3. The maximum atomic E-state index is 8.74. The number of hydrogen-bond acceptors (Lipinski definition) is 3. The predicted octanol–water partition coefficient (Wildman–Crippen LogP) is 8.19. The predicted molar refractivity (Wildman–Crippen MR) is 129 cm³/mol. The molecule has 0 aromatic carbocycles. The van der Waals surface area contributed by atoms with E-state index in [1.54, 1.807) is 0 Å². The third-order valence-electron chi connectivity index (χ3n) is 5.28. The second-order valence-electron chi connectivity index (χ2n) is 8.42. The summed E-state index contributed by atoms with van der Waals surface area (Å²) in [6, 6.07) is 0. The van der Waals surface area contributed by atoms with E-state index in [9.17, 15) is 0 Å². The van der Waals surface area contributed by atoms with Crippen LogP contribution in [0.4, 0.5) is 0 Å². The maximum absolute atomic E-state index is 8.74. The summed E-state index contributed by atoms with van der Waals surface area (Å²) in [5, 5.41) is 0. The first-order chi connectivity index (χ1) is 14.4. The number of rotatable bonds is 22.